The number of thiazole rings is 1. The Morgan fingerprint density at radius 3 is 2.33 bits per heavy atom. The summed E-state index contributed by atoms with van der Waals surface area (Å²) in [6.45, 7) is 8.51. The van der Waals surface area contributed by atoms with Crippen LogP contribution in [0.4, 0.5) is 5.13 Å². The molecule has 8 nitrogen and oxygen atoms in total. The zero-order valence-corrected chi connectivity index (χ0v) is 30.3. The second-order valence-corrected chi connectivity index (χ2v) is 14.2. The van der Waals surface area contributed by atoms with Crippen molar-refractivity contribution in [2.45, 2.75) is 66.3 Å². The predicted molar refractivity (Wildman–Crippen MR) is 196 cm³/mol. The van der Waals surface area contributed by atoms with Gasteiger partial charge in [-0.1, -0.05) is 49.9 Å². The molecule has 7 rings (SSSR count). The smallest absolute Gasteiger partial charge is 0.337 e. The third kappa shape index (κ3) is 7.22. The number of carbonyl (C=O) groups excluding carboxylic acids is 2. The summed E-state index contributed by atoms with van der Waals surface area (Å²) in [5.74, 6) is 3.18. The largest absolute Gasteiger partial charge is 0.496 e. The van der Waals surface area contributed by atoms with E-state index in [1.54, 1.807) is 45.6 Å². The summed E-state index contributed by atoms with van der Waals surface area (Å²) in [5.41, 5.74) is 7.49. The standard InChI is InChI=1S/C34H35N3O5S.C6H10/c1-8-29-30(25-17-27(40-5)20(3)14-28(25)41-6)35-34(43-29)36-32(38)26-16-24-13-19(2)12-21(4)31(24)37(26)18-22-10-9-11-23(15-22)33(39)42-7;1-2-5-4-6(5)3-1/h9-17H,8,18H2,1-7H3,(H,35,36,38);5-6H,1-4H2. The molecule has 49 heavy (non-hydrogen) atoms. The highest BCUT2D eigenvalue weighted by molar-refractivity contribution is 7.16. The van der Waals surface area contributed by atoms with E-state index < -0.39 is 5.97 Å². The number of hydrogen-bond donors (Lipinski definition) is 1. The molecule has 2 fully saturated rings. The summed E-state index contributed by atoms with van der Waals surface area (Å²) >= 11 is 1.44. The van der Waals surface area contributed by atoms with Crippen LogP contribution < -0.4 is 14.8 Å². The van der Waals surface area contributed by atoms with Crippen LogP contribution in [0.25, 0.3) is 22.2 Å². The fourth-order valence-corrected chi connectivity index (χ4v) is 8.09. The van der Waals surface area contributed by atoms with Crippen LogP contribution in [-0.4, -0.2) is 42.8 Å². The molecular weight excluding hydrogens is 635 g/mol. The maximum absolute atomic E-state index is 13.9. The summed E-state index contributed by atoms with van der Waals surface area (Å²) < 4.78 is 18.2. The van der Waals surface area contributed by atoms with Crippen LogP contribution in [-0.2, 0) is 17.7 Å². The third-order valence-corrected chi connectivity index (χ3v) is 10.8. The van der Waals surface area contributed by atoms with E-state index in [4.69, 9.17) is 19.2 Å². The highest BCUT2D eigenvalue weighted by Crippen LogP contribution is 2.51. The van der Waals surface area contributed by atoms with Gasteiger partial charge in [0.15, 0.2) is 5.13 Å². The molecule has 0 bridgehead atoms. The molecule has 3 aromatic carbocycles. The first-order chi connectivity index (χ1) is 23.6. The van der Waals surface area contributed by atoms with Crippen LogP contribution in [0.2, 0.25) is 0 Å². The molecule has 2 saturated carbocycles. The minimum atomic E-state index is -0.405. The fraction of sp³-hybridized carbons (Fsp3) is 0.375. The Morgan fingerprint density at radius 2 is 1.69 bits per heavy atom. The highest BCUT2D eigenvalue weighted by atomic mass is 32.1. The van der Waals surface area contributed by atoms with Gasteiger partial charge in [-0.25, -0.2) is 9.78 Å². The number of aromatic nitrogens is 2. The van der Waals surface area contributed by atoms with E-state index in [0.717, 1.165) is 61.5 Å². The number of benzene rings is 3. The number of ether oxygens (including phenoxy) is 3. The molecule has 2 aromatic heterocycles. The number of fused-ring (bicyclic) bond motifs is 2. The number of carbonyl (C=O) groups is 2. The average molecular weight is 680 g/mol. The van der Waals surface area contributed by atoms with E-state index in [9.17, 15) is 9.59 Å². The quantitative estimate of drug-likeness (QED) is 0.156. The molecule has 2 heterocycles. The molecular formula is C40H45N3O5S. The Kier molecular flexibility index (Phi) is 10.1. The lowest BCUT2D eigenvalue weighted by molar-refractivity contribution is 0.0600. The van der Waals surface area contributed by atoms with Crippen molar-refractivity contribution in [3.8, 4) is 22.8 Å². The van der Waals surface area contributed by atoms with Crippen molar-refractivity contribution in [2.24, 2.45) is 11.8 Å². The van der Waals surface area contributed by atoms with Gasteiger partial charge in [-0.3, -0.25) is 10.1 Å². The number of rotatable bonds is 9. The zero-order chi connectivity index (χ0) is 34.8. The third-order valence-electron chi connectivity index (χ3n) is 9.68. The number of esters is 1. The highest BCUT2D eigenvalue weighted by Gasteiger charge is 2.40. The molecule has 0 saturated heterocycles. The van der Waals surface area contributed by atoms with Crippen molar-refractivity contribution >= 4 is 39.2 Å². The molecule has 0 spiro atoms. The summed E-state index contributed by atoms with van der Waals surface area (Å²) in [5, 5.41) is 4.53. The summed E-state index contributed by atoms with van der Waals surface area (Å²) in [4.78, 5) is 32.0. The van der Waals surface area contributed by atoms with Gasteiger partial charge in [0, 0.05) is 22.4 Å². The van der Waals surface area contributed by atoms with Gasteiger partial charge in [0.2, 0.25) is 0 Å². The van der Waals surface area contributed by atoms with E-state index in [0.29, 0.717) is 28.7 Å². The van der Waals surface area contributed by atoms with Crippen LogP contribution in [0, 0.1) is 32.6 Å². The number of aryl methyl sites for hydroxylation is 4. The second kappa shape index (κ2) is 14.5. The van der Waals surface area contributed by atoms with E-state index >= 15 is 0 Å². The van der Waals surface area contributed by atoms with Gasteiger partial charge in [-0.15, -0.1) is 11.3 Å². The number of nitrogens with one attached hydrogen (secondary N) is 1. The van der Waals surface area contributed by atoms with Gasteiger partial charge in [0.25, 0.3) is 5.91 Å². The van der Waals surface area contributed by atoms with Gasteiger partial charge >= 0.3 is 5.97 Å². The van der Waals surface area contributed by atoms with E-state index in [1.807, 2.05) is 55.7 Å². The van der Waals surface area contributed by atoms with Crippen molar-refractivity contribution in [1.82, 2.24) is 9.55 Å². The monoisotopic (exact) mass is 679 g/mol. The molecule has 0 radical (unpaired) electrons. The van der Waals surface area contributed by atoms with Gasteiger partial charge in [-0.2, -0.15) is 0 Å². The average Bonchev–Trinajstić information content (AvgIpc) is 3.38. The van der Waals surface area contributed by atoms with Gasteiger partial charge in [-0.05, 0) is 98.5 Å². The summed E-state index contributed by atoms with van der Waals surface area (Å²) in [6.07, 6.45) is 6.97. The first kappa shape index (κ1) is 34.2. The van der Waals surface area contributed by atoms with Crippen LogP contribution in [0.3, 0.4) is 0 Å². The van der Waals surface area contributed by atoms with Crippen LogP contribution >= 0.6 is 11.3 Å². The maximum Gasteiger partial charge on any atom is 0.337 e. The van der Waals surface area contributed by atoms with Crippen LogP contribution in [0.1, 0.15) is 80.6 Å². The van der Waals surface area contributed by atoms with Gasteiger partial charge in [0.1, 0.15) is 17.2 Å². The lowest BCUT2D eigenvalue weighted by Gasteiger charge is -2.13. The van der Waals surface area contributed by atoms with Crippen molar-refractivity contribution in [2.75, 3.05) is 26.6 Å². The molecule has 256 valence electrons. The topological polar surface area (TPSA) is 91.7 Å². The molecule has 1 amide bonds. The fourth-order valence-electron chi connectivity index (χ4n) is 7.18. The van der Waals surface area contributed by atoms with E-state index in [1.165, 1.54) is 36.7 Å². The lowest BCUT2D eigenvalue weighted by Crippen LogP contribution is -2.18. The predicted octanol–water partition coefficient (Wildman–Crippen LogP) is 9.16. The maximum atomic E-state index is 13.9. The van der Waals surface area contributed by atoms with Crippen molar-refractivity contribution in [1.29, 1.82) is 0 Å². The molecule has 2 aliphatic rings. The molecule has 2 atom stereocenters. The number of methoxy groups -OCH3 is 3. The number of nitrogens with zero attached hydrogens (tertiary/aromatic N) is 2. The minimum absolute atomic E-state index is 0.270. The second-order valence-electron chi connectivity index (χ2n) is 13.1. The number of hydrogen-bond acceptors (Lipinski definition) is 7. The molecule has 2 unspecified atom stereocenters. The normalized spacial score (nSPS) is 16.1. The van der Waals surface area contributed by atoms with Crippen molar-refractivity contribution < 1.29 is 23.8 Å². The molecule has 1 N–H and O–H groups in total. The van der Waals surface area contributed by atoms with Gasteiger partial charge in [0.05, 0.1) is 38.1 Å². The lowest BCUT2D eigenvalue weighted by atomic mass is 10.1. The number of anilines is 1. The van der Waals surface area contributed by atoms with Crippen LogP contribution in [0.5, 0.6) is 11.5 Å². The summed E-state index contributed by atoms with van der Waals surface area (Å²) in [6, 6.07) is 17.2. The minimum Gasteiger partial charge on any atom is -0.496 e. The molecule has 9 heteroatoms. The molecule has 2 aliphatic carbocycles. The Balaban J connectivity index is 0.000000617. The zero-order valence-electron chi connectivity index (χ0n) is 29.4. The van der Waals surface area contributed by atoms with E-state index in [2.05, 4.69) is 24.4 Å². The molecule has 5 aromatic rings. The number of amides is 1. The summed E-state index contributed by atoms with van der Waals surface area (Å²) in [7, 11) is 4.64. The SMILES string of the molecule is C1CC2CC2C1.CCc1sc(NC(=O)c2cc3cc(C)cc(C)c3n2Cc2cccc(C(=O)OC)c2)nc1-c1cc(OC)c(C)cc1OC. The molecule has 0 aliphatic heterocycles. The van der Waals surface area contributed by atoms with E-state index in [-0.39, 0.29) is 5.91 Å². The Hall–Kier alpha value is -4.63. The first-order valence-electron chi connectivity index (χ1n) is 17.0. The van der Waals surface area contributed by atoms with Gasteiger partial charge < -0.3 is 18.8 Å². The Morgan fingerprint density at radius 1 is 0.939 bits per heavy atom. The van der Waals surface area contributed by atoms with Crippen LogP contribution in [0.15, 0.2) is 54.6 Å². The first-order valence-corrected chi connectivity index (χ1v) is 17.8. The Labute approximate surface area is 292 Å². The van der Waals surface area contributed by atoms with Crippen molar-refractivity contribution in [3.63, 3.8) is 0 Å². The van der Waals surface area contributed by atoms with Crippen molar-refractivity contribution in [3.05, 3.63) is 93.0 Å². The Bertz CT molecular complexity index is 2020.